The van der Waals surface area contributed by atoms with E-state index in [4.69, 9.17) is 10.5 Å². The van der Waals surface area contributed by atoms with Gasteiger partial charge in [-0.3, -0.25) is 4.98 Å². The lowest BCUT2D eigenvalue weighted by Gasteiger charge is -2.12. The van der Waals surface area contributed by atoms with Crippen molar-refractivity contribution in [3.63, 3.8) is 0 Å². The molecule has 14 heavy (non-hydrogen) atoms. The molecule has 1 aromatic heterocycles. The van der Waals surface area contributed by atoms with Crippen molar-refractivity contribution in [1.29, 1.82) is 0 Å². The summed E-state index contributed by atoms with van der Waals surface area (Å²) in [5, 5.41) is 0. The first-order valence-electron chi connectivity index (χ1n) is 4.95. The smallest absolute Gasteiger partial charge is 0.138 e. The molecule has 1 atom stereocenters. The highest BCUT2D eigenvalue weighted by Gasteiger charge is 2.05. The van der Waals surface area contributed by atoms with E-state index in [0.717, 1.165) is 11.3 Å². The highest BCUT2D eigenvalue weighted by atomic mass is 16.5. The zero-order valence-corrected chi connectivity index (χ0v) is 9.03. The average molecular weight is 194 g/mol. The molecule has 0 spiro atoms. The van der Waals surface area contributed by atoms with Crippen molar-refractivity contribution in [2.24, 2.45) is 5.73 Å². The van der Waals surface area contributed by atoms with Crippen LogP contribution in [0.4, 0.5) is 0 Å². The fourth-order valence-corrected chi connectivity index (χ4v) is 1.18. The molecule has 1 heterocycles. The Labute approximate surface area is 85.3 Å². The van der Waals surface area contributed by atoms with Gasteiger partial charge in [-0.1, -0.05) is 6.92 Å². The molecule has 0 bridgehead atoms. The maximum absolute atomic E-state index is 5.59. The molecule has 2 N–H and O–H groups in total. The molecule has 3 nitrogen and oxygen atoms in total. The Morgan fingerprint density at radius 3 is 2.64 bits per heavy atom. The molecule has 0 aliphatic heterocycles. The maximum Gasteiger partial charge on any atom is 0.138 e. The molecule has 1 unspecified atom stereocenters. The Balaban J connectivity index is 2.78. The second kappa shape index (κ2) is 4.96. The van der Waals surface area contributed by atoms with Gasteiger partial charge in [0.2, 0.25) is 0 Å². The molecule has 1 aromatic rings. The summed E-state index contributed by atoms with van der Waals surface area (Å²) < 4.78 is 5.55. The van der Waals surface area contributed by atoms with Crippen LogP contribution < -0.4 is 10.5 Å². The van der Waals surface area contributed by atoms with Crippen molar-refractivity contribution in [3.05, 3.63) is 24.0 Å². The number of nitrogens with zero attached hydrogens (tertiary/aromatic N) is 1. The summed E-state index contributed by atoms with van der Waals surface area (Å²) in [4.78, 5) is 4.13. The van der Waals surface area contributed by atoms with Gasteiger partial charge in [0.25, 0.3) is 0 Å². The van der Waals surface area contributed by atoms with E-state index < -0.39 is 0 Å². The third kappa shape index (κ3) is 3.00. The van der Waals surface area contributed by atoms with Gasteiger partial charge in [-0.25, -0.2) is 0 Å². The van der Waals surface area contributed by atoms with Crippen LogP contribution in [0.3, 0.4) is 0 Å². The number of ether oxygens (including phenoxy) is 1. The van der Waals surface area contributed by atoms with Gasteiger partial charge in [-0.15, -0.1) is 0 Å². The molecular formula is C11H18N2O. The summed E-state index contributed by atoms with van der Waals surface area (Å²) >= 11 is 0. The zero-order valence-electron chi connectivity index (χ0n) is 9.03. The van der Waals surface area contributed by atoms with Crippen LogP contribution in [0, 0.1) is 0 Å². The van der Waals surface area contributed by atoms with Gasteiger partial charge in [0, 0.05) is 6.20 Å². The minimum Gasteiger partial charge on any atom is -0.489 e. The standard InChI is InChI=1S/C11H18N2O/c1-8(2)14-11-4-10(6-13-7-11)9(3)5-12/h4,6-9H,5,12H2,1-3H3. The third-order valence-corrected chi connectivity index (χ3v) is 2.03. The Bertz CT molecular complexity index is 286. The van der Waals surface area contributed by atoms with Crippen LogP contribution in [0.25, 0.3) is 0 Å². The van der Waals surface area contributed by atoms with Crippen LogP contribution in [0.1, 0.15) is 32.3 Å². The molecule has 78 valence electrons. The van der Waals surface area contributed by atoms with Crippen molar-refractivity contribution in [2.45, 2.75) is 32.8 Å². The van der Waals surface area contributed by atoms with Crippen LogP contribution in [0.15, 0.2) is 18.5 Å². The summed E-state index contributed by atoms with van der Waals surface area (Å²) in [5.74, 6) is 1.15. The largest absolute Gasteiger partial charge is 0.489 e. The summed E-state index contributed by atoms with van der Waals surface area (Å²) in [6.45, 7) is 6.71. The summed E-state index contributed by atoms with van der Waals surface area (Å²) in [5.41, 5.74) is 6.72. The van der Waals surface area contributed by atoms with E-state index >= 15 is 0 Å². The summed E-state index contributed by atoms with van der Waals surface area (Å²) in [6.07, 6.45) is 3.75. The van der Waals surface area contributed by atoms with Crippen molar-refractivity contribution in [2.75, 3.05) is 6.54 Å². The average Bonchev–Trinajstić information content (AvgIpc) is 2.16. The van der Waals surface area contributed by atoms with Crippen LogP contribution in [-0.2, 0) is 0 Å². The number of hydrogen-bond donors (Lipinski definition) is 1. The monoisotopic (exact) mass is 194 g/mol. The van der Waals surface area contributed by atoms with E-state index in [1.165, 1.54) is 0 Å². The Hall–Kier alpha value is -1.09. The first kappa shape index (κ1) is 11.0. The first-order chi connectivity index (χ1) is 6.63. The van der Waals surface area contributed by atoms with E-state index in [-0.39, 0.29) is 6.10 Å². The molecule has 1 rings (SSSR count). The SMILES string of the molecule is CC(C)Oc1cncc(C(C)CN)c1. The lowest BCUT2D eigenvalue weighted by molar-refractivity contribution is 0.241. The quantitative estimate of drug-likeness (QED) is 0.796. The lowest BCUT2D eigenvalue weighted by Crippen LogP contribution is -2.10. The molecule has 0 aromatic carbocycles. The van der Waals surface area contributed by atoms with E-state index in [0.29, 0.717) is 12.5 Å². The molecule has 0 saturated heterocycles. The Kier molecular flexibility index (Phi) is 3.89. The molecule has 0 aliphatic carbocycles. The van der Waals surface area contributed by atoms with E-state index in [2.05, 4.69) is 11.9 Å². The van der Waals surface area contributed by atoms with Gasteiger partial charge in [0.1, 0.15) is 5.75 Å². The number of nitrogens with two attached hydrogens (primary N) is 1. The molecule has 0 aliphatic rings. The van der Waals surface area contributed by atoms with Gasteiger partial charge >= 0.3 is 0 Å². The lowest BCUT2D eigenvalue weighted by atomic mass is 10.0. The number of pyridine rings is 1. The van der Waals surface area contributed by atoms with E-state index in [1.54, 1.807) is 6.20 Å². The number of rotatable bonds is 4. The molecule has 3 heteroatoms. The fourth-order valence-electron chi connectivity index (χ4n) is 1.18. The van der Waals surface area contributed by atoms with Gasteiger partial charge < -0.3 is 10.5 Å². The molecule has 0 radical (unpaired) electrons. The van der Waals surface area contributed by atoms with Crippen LogP contribution in [0.5, 0.6) is 5.75 Å². The predicted molar refractivity (Wildman–Crippen MR) is 57.5 cm³/mol. The molecule has 0 amide bonds. The summed E-state index contributed by atoms with van der Waals surface area (Å²) in [6, 6.07) is 2.00. The van der Waals surface area contributed by atoms with Gasteiger partial charge in [-0.05, 0) is 37.9 Å². The minimum atomic E-state index is 0.181. The van der Waals surface area contributed by atoms with Gasteiger partial charge in [-0.2, -0.15) is 0 Å². The van der Waals surface area contributed by atoms with Crippen molar-refractivity contribution in [1.82, 2.24) is 4.98 Å². The van der Waals surface area contributed by atoms with Crippen LogP contribution in [0.2, 0.25) is 0 Å². The second-order valence-electron chi connectivity index (χ2n) is 3.76. The number of hydrogen-bond acceptors (Lipinski definition) is 3. The topological polar surface area (TPSA) is 48.1 Å². The molecule has 0 saturated carbocycles. The predicted octanol–water partition coefficient (Wildman–Crippen LogP) is 1.93. The Morgan fingerprint density at radius 1 is 1.36 bits per heavy atom. The van der Waals surface area contributed by atoms with Gasteiger partial charge in [0.05, 0.1) is 12.3 Å². The Morgan fingerprint density at radius 2 is 2.07 bits per heavy atom. The number of aromatic nitrogens is 1. The van der Waals surface area contributed by atoms with Crippen molar-refractivity contribution >= 4 is 0 Å². The van der Waals surface area contributed by atoms with E-state index in [1.807, 2.05) is 26.1 Å². The fraction of sp³-hybridized carbons (Fsp3) is 0.545. The highest BCUT2D eigenvalue weighted by molar-refractivity contribution is 5.26. The zero-order chi connectivity index (χ0) is 10.6. The highest BCUT2D eigenvalue weighted by Crippen LogP contribution is 2.18. The van der Waals surface area contributed by atoms with Crippen molar-refractivity contribution in [3.8, 4) is 5.75 Å². The van der Waals surface area contributed by atoms with E-state index in [9.17, 15) is 0 Å². The van der Waals surface area contributed by atoms with Gasteiger partial charge in [0.15, 0.2) is 0 Å². The van der Waals surface area contributed by atoms with Crippen molar-refractivity contribution < 1.29 is 4.74 Å². The first-order valence-corrected chi connectivity index (χ1v) is 4.95. The molecular weight excluding hydrogens is 176 g/mol. The normalized spacial score (nSPS) is 12.9. The second-order valence-corrected chi connectivity index (χ2v) is 3.76. The summed E-state index contributed by atoms with van der Waals surface area (Å²) in [7, 11) is 0. The van der Waals surface area contributed by atoms with Crippen LogP contribution in [-0.4, -0.2) is 17.6 Å². The third-order valence-electron chi connectivity index (χ3n) is 2.03. The molecule has 0 fully saturated rings. The minimum absolute atomic E-state index is 0.181. The maximum atomic E-state index is 5.59. The van der Waals surface area contributed by atoms with Crippen LogP contribution >= 0.6 is 0 Å².